The number of nitrogen functional groups attached to an aromatic ring is 1. The third-order valence-electron chi connectivity index (χ3n) is 21.6. The number of aliphatic hydroxyl groups is 1. The zero-order chi connectivity index (χ0) is 97.7. The Kier molecular flexibility index (Phi) is 41.1. The number of hydrogen-bond donors (Lipinski definition) is 21. The number of aliphatic hydroxyl groups excluding tert-OH is 1. The first-order valence-corrected chi connectivity index (χ1v) is 43.0. The molecule has 44 nitrogen and oxygen atoms in total. The summed E-state index contributed by atoms with van der Waals surface area (Å²) < 4.78 is 11.4. The number of primary amides is 1. The fourth-order valence-electron chi connectivity index (χ4n) is 14.6. The molecule has 0 radical (unpaired) electrons. The second kappa shape index (κ2) is 52.0. The maximum absolute atomic E-state index is 15.1. The molecule has 133 heavy (non-hydrogen) atoms. The van der Waals surface area contributed by atoms with Crippen molar-refractivity contribution in [2.24, 2.45) is 11.7 Å². The van der Waals surface area contributed by atoms with E-state index < -0.39 is 273 Å². The predicted molar refractivity (Wildman–Crippen MR) is 470 cm³/mol. The van der Waals surface area contributed by atoms with Crippen LogP contribution in [0.1, 0.15) is 163 Å². The molecular formula is C89H112N16O28. The minimum atomic E-state index is -2.51. The van der Waals surface area contributed by atoms with E-state index >= 15 is 14.4 Å². The molecule has 0 aromatic heterocycles. The number of hydrogen-bond acceptors (Lipinski definition) is 25. The Hall–Kier alpha value is -15.0. The molecule has 1 saturated heterocycles. The summed E-state index contributed by atoms with van der Waals surface area (Å²) in [4.78, 5) is 291. The molecule has 15 amide bonds. The van der Waals surface area contributed by atoms with E-state index in [9.17, 15) is 112 Å². The van der Waals surface area contributed by atoms with Gasteiger partial charge in [-0.15, -0.1) is 0 Å². The highest BCUT2D eigenvalue weighted by molar-refractivity contribution is 6.05. The third-order valence-corrected chi connectivity index (χ3v) is 21.6. The smallest absolute Gasteiger partial charge is 0.407 e. The van der Waals surface area contributed by atoms with Crippen LogP contribution in [0.25, 0.3) is 21.9 Å². The largest absolute Gasteiger partial charge is 0.481 e. The number of carbonyl (C=O) groups excluding carboxylic acids is 17. The number of Topliss-reactive ketones (excluding diaryl/α,β-unsaturated/α-hetero) is 1. The van der Waals surface area contributed by atoms with Gasteiger partial charge in [-0.2, -0.15) is 0 Å². The van der Waals surface area contributed by atoms with Crippen LogP contribution in [-0.2, 0) is 107 Å². The number of amides is 15. The van der Waals surface area contributed by atoms with Crippen molar-refractivity contribution >= 4 is 141 Å². The zero-order valence-electron chi connectivity index (χ0n) is 73.4. The van der Waals surface area contributed by atoms with Gasteiger partial charge in [0.2, 0.25) is 82.7 Å². The first-order chi connectivity index (χ1) is 63.2. The topological polar surface area (TPSA) is 699 Å². The van der Waals surface area contributed by atoms with Crippen molar-refractivity contribution in [2.75, 3.05) is 38.6 Å². The number of benzene rings is 5. The predicted octanol–water partition coefficient (Wildman–Crippen LogP) is -1.37. The Morgan fingerprint density at radius 1 is 0.511 bits per heavy atom. The van der Waals surface area contributed by atoms with Gasteiger partial charge in [-0.25, -0.2) is 9.59 Å². The number of unbranched alkanes of at least 4 members (excludes halogenated alkanes) is 6. The fraction of sp³-hybridized carbons (Fsp3) is 0.449. The van der Waals surface area contributed by atoms with Gasteiger partial charge in [-0.3, -0.25) is 91.1 Å². The molecule has 0 bridgehead atoms. The van der Waals surface area contributed by atoms with E-state index in [1.165, 1.54) is 24.3 Å². The lowest BCUT2D eigenvalue weighted by atomic mass is 9.96. The highest BCUT2D eigenvalue weighted by atomic mass is 16.6. The van der Waals surface area contributed by atoms with Crippen LogP contribution in [0.3, 0.4) is 0 Å². The average Bonchev–Trinajstić information content (AvgIpc) is 1.61. The van der Waals surface area contributed by atoms with Crippen LogP contribution in [0.4, 0.5) is 10.5 Å². The summed E-state index contributed by atoms with van der Waals surface area (Å²) in [5, 5.41) is 83.1. The molecule has 2 aliphatic rings. The second-order valence-electron chi connectivity index (χ2n) is 32.0. The number of nitrogens with one attached hydrogen (secondary N) is 14. The minimum Gasteiger partial charge on any atom is -0.481 e. The Labute approximate surface area is 762 Å². The lowest BCUT2D eigenvalue weighted by Crippen LogP contribution is -2.62. The monoisotopic (exact) mass is 1850 g/mol. The molecule has 1 fully saturated rings. The van der Waals surface area contributed by atoms with Gasteiger partial charge in [0.1, 0.15) is 79.2 Å². The molecular weight excluding hydrogens is 1740 g/mol. The lowest BCUT2D eigenvalue weighted by molar-refractivity contribution is -0.156. The van der Waals surface area contributed by atoms with E-state index in [-0.39, 0.29) is 43.7 Å². The van der Waals surface area contributed by atoms with E-state index in [1.807, 2.05) is 70.5 Å². The highest BCUT2D eigenvalue weighted by Gasteiger charge is 2.42. The van der Waals surface area contributed by atoms with Crippen LogP contribution >= 0.6 is 0 Å². The number of alkyl carbamates (subject to hydrolysis) is 1. The van der Waals surface area contributed by atoms with Gasteiger partial charge in [0, 0.05) is 43.0 Å². The average molecular weight is 1850 g/mol. The van der Waals surface area contributed by atoms with Crippen LogP contribution in [0.5, 0.6) is 0 Å². The molecule has 1 heterocycles. The number of anilines is 1. The van der Waals surface area contributed by atoms with Crippen molar-refractivity contribution in [1.82, 2.24) is 74.4 Å². The molecule has 0 spiro atoms. The first-order valence-electron chi connectivity index (χ1n) is 43.0. The van der Waals surface area contributed by atoms with Crippen molar-refractivity contribution in [1.29, 1.82) is 0 Å². The molecule has 5 aromatic carbocycles. The molecule has 1 aliphatic carbocycles. The molecule has 0 saturated carbocycles. The van der Waals surface area contributed by atoms with Crippen LogP contribution < -0.4 is 85.9 Å². The second-order valence-corrected chi connectivity index (χ2v) is 32.0. The van der Waals surface area contributed by atoms with E-state index in [2.05, 4.69) is 65.4 Å². The number of cyclic esters (lactones) is 1. The van der Waals surface area contributed by atoms with Crippen LogP contribution in [-0.4, -0.2) is 255 Å². The van der Waals surface area contributed by atoms with Gasteiger partial charge in [0.15, 0.2) is 5.78 Å². The van der Waals surface area contributed by atoms with Gasteiger partial charge in [0.25, 0.3) is 0 Å². The standard InChI is InChI=1S/C89H112N16O28/c1-5-6-7-8-9-10-11-30-69(109)97-60(36-49-31-32-50-21-12-13-22-51(50)35-49)82(124)100-61(38-68(91)108)83(125)102-64(41-75(118)119)84(126)105-77-48(4)133-88(130)65(37-67(107)56-27-18-19-28-58(56)90)103-87(129)76(46(2)34-72(112)113)104-85(127)66(44-106)98-71(111)42-93-79(121)62(39-73(114)115)99-78(120)47(3)95-81(123)63(40-74(116)117)101-80(122)59(96-70(110)43-94-86(77)128)29-20-33-92-89(131)132-45-57-54-25-16-14-23-52(54)53-24-15-17-26-55(53)57/h12-19,21-28,31-32,35,46-48,57,59-66,76-77,106H,5-11,20,29-30,33-34,36-45,90H2,1-4H3,(H2,91,108)(H,92,131)(H,93,121)(H,94,128)(H,95,123)(H,96,110)(H,97,109)(H,98,111)(H,99,120)(H,100,124)(H,101,122)(H,102,125)(H,103,129)(H,104,127)(H,105,126)(H,112,113)(H,114,115)(H,116,117)(H,118,119)/t46?,47?,48?,59?,60-,61-,62?,63?,64-,65?,66?,76?,77?/m0/s1. The normalized spacial score (nSPS) is 20.1. The fourth-order valence-corrected chi connectivity index (χ4v) is 14.6. The Bertz CT molecular complexity index is 5080. The van der Waals surface area contributed by atoms with Crippen molar-refractivity contribution < 1.29 is 136 Å². The van der Waals surface area contributed by atoms with E-state index in [4.69, 9.17) is 20.9 Å². The zero-order valence-corrected chi connectivity index (χ0v) is 73.4. The summed E-state index contributed by atoms with van der Waals surface area (Å²) in [5.41, 5.74) is 15.3. The maximum Gasteiger partial charge on any atom is 0.407 e. The maximum atomic E-state index is 15.1. The number of rotatable bonds is 38. The number of carboxylic acid groups (broad SMARTS) is 4. The quantitative estimate of drug-likeness (QED) is 0.00938. The van der Waals surface area contributed by atoms with Gasteiger partial charge in [0.05, 0.1) is 51.8 Å². The first kappa shape index (κ1) is 105. The van der Waals surface area contributed by atoms with E-state index in [0.29, 0.717) is 18.4 Å². The van der Waals surface area contributed by atoms with Gasteiger partial charge < -0.3 is 121 Å². The van der Waals surface area contributed by atoms with Crippen molar-refractivity contribution in [3.05, 3.63) is 138 Å². The Balaban J connectivity index is 1.27. The van der Waals surface area contributed by atoms with Gasteiger partial charge >= 0.3 is 35.9 Å². The number of para-hydroxylation sites is 1. The van der Waals surface area contributed by atoms with Crippen molar-refractivity contribution in [3.63, 3.8) is 0 Å². The molecule has 716 valence electrons. The highest BCUT2D eigenvalue weighted by Crippen LogP contribution is 2.44. The number of esters is 1. The van der Waals surface area contributed by atoms with Gasteiger partial charge in [-0.1, -0.05) is 156 Å². The van der Waals surface area contributed by atoms with Crippen LogP contribution in [0.2, 0.25) is 0 Å². The summed E-state index contributed by atoms with van der Waals surface area (Å²) in [6.45, 7) is 0.652. The van der Waals surface area contributed by atoms with E-state index in [0.717, 1.165) is 85.9 Å². The molecule has 5 aromatic rings. The van der Waals surface area contributed by atoms with Gasteiger partial charge in [-0.05, 0) is 89.8 Å². The molecule has 1 aliphatic heterocycles. The van der Waals surface area contributed by atoms with Crippen molar-refractivity contribution in [2.45, 2.75) is 215 Å². The van der Waals surface area contributed by atoms with Crippen molar-refractivity contribution in [3.8, 4) is 11.1 Å². The number of carboxylic acids is 4. The summed E-state index contributed by atoms with van der Waals surface area (Å²) in [5.74, 6) is -30.7. The lowest BCUT2D eigenvalue weighted by Gasteiger charge is -2.30. The van der Waals surface area contributed by atoms with Crippen LogP contribution in [0.15, 0.2) is 115 Å². The van der Waals surface area contributed by atoms with Crippen LogP contribution in [0, 0.1) is 5.92 Å². The summed E-state index contributed by atoms with van der Waals surface area (Å²) in [6, 6.07) is 9.20. The Morgan fingerprint density at radius 3 is 1.65 bits per heavy atom. The number of fused-ring (bicyclic) bond motifs is 4. The molecule has 23 N–H and O–H groups in total. The number of ether oxygens (including phenoxy) is 2. The third kappa shape index (κ3) is 33.5. The number of nitrogens with two attached hydrogens (primary N) is 2. The Morgan fingerprint density at radius 2 is 1.05 bits per heavy atom. The summed E-state index contributed by atoms with van der Waals surface area (Å²) in [6.07, 6.45) is -5.53. The molecule has 7 rings (SSSR count). The number of ketones is 1. The summed E-state index contributed by atoms with van der Waals surface area (Å²) in [7, 11) is 0. The molecule has 13 atom stereocenters. The molecule has 44 heteroatoms. The number of carbonyl (C=O) groups is 21. The van der Waals surface area contributed by atoms with E-state index in [1.54, 1.807) is 36.4 Å². The SMILES string of the molecule is CCCCCCCCCC(=O)N[C@@H](Cc1ccc2ccccc2c1)C(=O)N[C@@H](CC(N)=O)C(=O)N[C@@H](CC(=O)O)C(=O)NC1C(=O)NCC(=O)NC(CCCNC(=O)OCC2c3ccccc3-c3ccccc32)C(=O)NC(CC(=O)O)C(=O)NC(C)C(=O)NC(CC(=O)O)C(=O)NCC(=O)NC(CO)C(=O)NC(C(C)CC(=O)O)C(=O)NC(CC(=O)c2ccccc2N)C(=O)OC1C. The summed E-state index contributed by atoms with van der Waals surface area (Å²) >= 11 is 0. The number of aliphatic carboxylic acids is 4. The molecule has 10 unspecified atom stereocenters. The minimum absolute atomic E-state index is 0.0293.